The Morgan fingerprint density at radius 1 is 1.29 bits per heavy atom. The highest BCUT2D eigenvalue weighted by atomic mass is 16.2. The summed E-state index contributed by atoms with van der Waals surface area (Å²) in [7, 11) is 0. The minimum atomic E-state index is 0.0788. The number of nitrogens with zero attached hydrogens (tertiary/aromatic N) is 4. The Hall–Kier alpha value is -1.65. The SMILES string of the molecule is CC(C)=C[C@H]1[C@H](C(=O)N2CCn3c(C)nnc3C2)C1(C)C. The molecule has 1 aromatic heterocycles. The third-order valence-corrected chi connectivity index (χ3v) is 4.94. The Balaban J connectivity index is 1.75. The lowest BCUT2D eigenvalue weighted by molar-refractivity contribution is -0.135. The first kappa shape index (κ1) is 14.3. The van der Waals surface area contributed by atoms with Crippen LogP contribution in [0.3, 0.4) is 0 Å². The van der Waals surface area contributed by atoms with Gasteiger partial charge in [0.15, 0.2) is 5.82 Å². The topological polar surface area (TPSA) is 51.0 Å². The summed E-state index contributed by atoms with van der Waals surface area (Å²) in [5, 5.41) is 8.28. The molecule has 1 amide bonds. The molecule has 1 aliphatic carbocycles. The molecule has 114 valence electrons. The second-order valence-electron chi connectivity index (χ2n) is 7.14. The zero-order chi connectivity index (χ0) is 15.4. The number of allylic oxidation sites excluding steroid dienone is 2. The van der Waals surface area contributed by atoms with Gasteiger partial charge in [-0.05, 0) is 32.1 Å². The van der Waals surface area contributed by atoms with E-state index in [0.717, 1.165) is 24.7 Å². The smallest absolute Gasteiger partial charge is 0.227 e. The molecule has 0 N–H and O–H groups in total. The summed E-state index contributed by atoms with van der Waals surface area (Å²) in [5.74, 6) is 2.60. The van der Waals surface area contributed by atoms with Gasteiger partial charge in [-0.25, -0.2) is 0 Å². The Bertz CT molecular complexity index is 610. The summed E-state index contributed by atoms with van der Waals surface area (Å²) in [4.78, 5) is 14.8. The van der Waals surface area contributed by atoms with E-state index in [1.807, 2.05) is 11.8 Å². The van der Waals surface area contributed by atoms with Crippen molar-refractivity contribution >= 4 is 5.91 Å². The molecule has 2 aliphatic rings. The van der Waals surface area contributed by atoms with Gasteiger partial charge >= 0.3 is 0 Å². The van der Waals surface area contributed by atoms with Gasteiger partial charge in [-0.1, -0.05) is 25.5 Å². The summed E-state index contributed by atoms with van der Waals surface area (Å²) in [6.45, 7) is 12.7. The van der Waals surface area contributed by atoms with E-state index in [2.05, 4.69) is 48.5 Å². The molecule has 2 heterocycles. The Morgan fingerprint density at radius 2 is 2.00 bits per heavy atom. The Morgan fingerprint density at radius 3 is 2.67 bits per heavy atom. The fraction of sp³-hybridized carbons (Fsp3) is 0.688. The van der Waals surface area contributed by atoms with Gasteiger partial charge in [-0.15, -0.1) is 10.2 Å². The monoisotopic (exact) mass is 288 g/mol. The van der Waals surface area contributed by atoms with E-state index in [0.29, 0.717) is 12.5 Å². The van der Waals surface area contributed by atoms with Crippen molar-refractivity contribution in [2.24, 2.45) is 17.3 Å². The lowest BCUT2D eigenvalue weighted by Gasteiger charge is -2.28. The maximum absolute atomic E-state index is 12.8. The third kappa shape index (κ3) is 2.28. The van der Waals surface area contributed by atoms with Crippen LogP contribution in [0.1, 0.15) is 39.3 Å². The number of amides is 1. The number of fused-ring (bicyclic) bond motifs is 1. The Kier molecular flexibility index (Phi) is 3.19. The van der Waals surface area contributed by atoms with Gasteiger partial charge in [0, 0.05) is 13.1 Å². The van der Waals surface area contributed by atoms with Crippen molar-refractivity contribution < 1.29 is 4.79 Å². The maximum Gasteiger partial charge on any atom is 0.227 e. The van der Waals surface area contributed by atoms with Gasteiger partial charge < -0.3 is 9.47 Å². The number of carbonyl (C=O) groups excluding carboxylic acids is 1. The third-order valence-electron chi connectivity index (χ3n) is 4.94. The molecule has 0 unspecified atom stereocenters. The maximum atomic E-state index is 12.8. The number of rotatable bonds is 2. The van der Waals surface area contributed by atoms with E-state index in [1.54, 1.807) is 0 Å². The molecule has 0 saturated heterocycles. The highest BCUT2D eigenvalue weighted by molar-refractivity contribution is 5.83. The zero-order valence-corrected chi connectivity index (χ0v) is 13.6. The number of hydrogen-bond acceptors (Lipinski definition) is 3. The van der Waals surface area contributed by atoms with Crippen LogP contribution in [-0.4, -0.2) is 32.1 Å². The molecular formula is C16H24N4O. The van der Waals surface area contributed by atoms with Gasteiger partial charge in [-0.3, -0.25) is 4.79 Å². The minimum Gasteiger partial charge on any atom is -0.333 e. The van der Waals surface area contributed by atoms with Gasteiger partial charge in [0.1, 0.15) is 5.82 Å². The van der Waals surface area contributed by atoms with E-state index in [9.17, 15) is 4.79 Å². The molecule has 21 heavy (non-hydrogen) atoms. The highest BCUT2D eigenvalue weighted by Gasteiger charge is 2.61. The van der Waals surface area contributed by atoms with Crippen LogP contribution in [0.4, 0.5) is 0 Å². The summed E-state index contributed by atoms with van der Waals surface area (Å²) in [6.07, 6.45) is 2.25. The van der Waals surface area contributed by atoms with E-state index in [-0.39, 0.29) is 17.2 Å². The zero-order valence-electron chi connectivity index (χ0n) is 13.6. The normalized spacial score (nSPS) is 26.2. The number of aryl methyl sites for hydroxylation is 1. The average molecular weight is 288 g/mol. The van der Waals surface area contributed by atoms with Crippen LogP contribution >= 0.6 is 0 Å². The first-order valence-electron chi connectivity index (χ1n) is 7.65. The predicted octanol–water partition coefficient (Wildman–Crippen LogP) is 2.17. The molecule has 1 saturated carbocycles. The molecule has 1 aromatic rings. The first-order chi connectivity index (χ1) is 9.82. The van der Waals surface area contributed by atoms with Crippen LogP contribution in [-0.2, 0) is 17.9 Å². The lowest BCUT2D eigenvalue weighted by atomic mass is 10.1. The fourth-order valence-corrected chi connectivity index (χ4v) is 3.51. The first-order valence-corrected chi connectivity index (χ1v) is 7.65. The fourth-order valence-electron chi connectivity index (χ4n) is 3.51. The van der Waals surface area contributed by atoms with Crippen molar-refractivity contribution in [1.82, 2.24) is 19.7 Å². The van der Waals surface area contributed by atoms with Crippen LogP contribution in [0, 0.1) is 24.2 Å². The number of hydrogen-bond donors (Lipinski definition) is 0. The second-order valence-corrected chi connectivity index (χ2v) is 7.14. The number of aromatic nitrogens is 3. The predicted molar refractivity (Wildman–Crippen MR) is 80.4 cm³/mol. The van der Waals surface area contributed by atoms with E-state index < -0.39 is 0 Å². The molecule has 3 rings (SSSR count). The molecule has 0 aromatic carbocycles. The number of carbonyl (C=O) groups is 1. The standard InChI is InChI=1S/C16H24N4O/c1-10(2)8-12-14(16(12,4)5)15(21)19-6-7-20-11(3)17-18-13(20)9-19/h8,12,14H,6-7,9H2,1-5H3/t12-,14+/m0/s1. The van der Waals surface area contributed by atoms with Crippen molar-refractivity contribution in [3.05, 3.63) is 23.3 Å². The van der Waals surface area contributed by atoms with Crippen molar-refractivity contribution in [2.45, 2.75) is 47.7 Å². The summed E-state index contributed by atoms with van der Waals surface area (Å²) in [6, 6.07) is 0. The minimum absolute atomic E-state index is 0.0788. The van der Waals surface area contributed by atoms with Crippen LogP contribution in [0.2, 0.25) is 0 Å². The molecule has 5 nitrogen and oxygen atoms in total. The van der Waals surface area contributed by atoms with Crippen LogP contribution in [0.15, 0.2) is 11.6 Å². The van der Waals surface area contributed by atoms with Crippen LogP contribution < -0.4 is 0 Å². The van der Waals surface area contributed by atoms with E-state index >= 15 is 0 Å². The van der Waals surface area contributed by atoms with Crippen molar-refractivity contribution in [1.29, 1.82) is 0 Å². The molecule has 0 radical (unpaired) electrons. The lowest BCUT2D eigenvalue weighted by Crippen LogP contribution is -2.40. The molecule has 5 heteroatoms. The molecule has 0 spiro atoms. The van der Waals surface area contributed by atoms with Gasteiger partial charge in [0.25, 0.3) is 0 Å². The van der Waals surface area contributed by atoms with Crippen molar-refractivity contribution in [3.63, 3.8) is 0 Å². The molecule has 2 atom stereocenters. The molecule has 0 bridgehead atoms. The van der Waals surface area contributed by atoms with Crippen molar-refractivity contribution in [2.75, 3.05) is 6.54 Å². The quantitative estimate of drug-likeness (QED) is 0.784. The molecule has 1 fully saturated rings. The Labute approximate surface area is 126 Å². The molecular weight excluding hydrogens is 264 g/mol. The van der Waals surface area contributed by atoms with Gasteiger partial charge in [-0.2, -0.15) is 0 Å². The van der Waals surface area contributed by atoms with Crippen LogP contribution in [0.25, 0.3) is 0 Å². The van der Waals surface area contributed by atoms with Gasteiger partial charge in [0.2, 0.25) is 5.91 Å². The van der Waals surface area contributed by atoms with Crippen molar-refractivity contribution in [3.8, 4) is 0 Å². The average Bonchev–Trinajstić information content (AvgIpc) is 2.77. The van der Waals surface area contributed by atoms with Crippen LogP contribution in [0.5, 0.6) is 0 Å². The summed E-state index contributed by atoms with van der Waals surface area (Å²) < 4.78 is 2.11. The summed E-state index contributed by atoms with van der Waals surface area (Å²) in [5.41, 5.74) is 1.37. The van der Waals surface area contributed by atoms with E-state index in [1.165, 1.54) is 5.57 Å². The van der Waals surface area contributed by atoms with E-state index in [4.69, 9.17) is 0 Å². The largest absolute Gasteiger partial charge is 0.333 e. The summed E-state index contributed by atoms with van der Waals surface area (Å²) >= 11 is 0. The molecule has 1 aliphatic heterocycles. The second kappa shape index (κ2) is 4.68. The van der Waals surface area contributed by atoms with Gasteiger partial charge in [0.05, 0.1) is 12.5 Å². The highest BCUT2D eigenvalue weighted by Crippen LogP contribution is 2.60.